The van der Waals surface area contributed by atoms with E-state index in [9.17, 15) is 8.42 Å². The van der Waals surface area contributed by atoms with Crippen LogP contribution in [0.2, 0.25) is 0 Å². The third-order valence-electron chi connectivity index (χ3n) is 2.65. The summed E-state index contributed by atoms with van der Waals surface area (Å²) in [4.78, 5) is 0. The maximum Gasteiger partial charge on any atom is 0.236 e. The van der Waals surface area contributed by atoms with Crippen LogP contribution in [0.5, 0.6) is 0 Å². The molecule has 0 radical (unpaired) electrons. The van der Waals surface area contributed by atoms with Crippen molar-refractivity contribution in [2.75, 3.05) is 4.72 Å². The lowest BCUT2D eigenvalue weighted by atomic mass is 10.2. The quantitative estimate of drug-likeness (QED) is 0.922. The zero-order valence-corrected chi connectivity index (χ0v) is 12.8. The number of rotatable bonds is 4. The average molecular weight is 340 g/mol. The van der Waals surface area contributed by atoms with E-state index < -0.39 is 10.0 Å². The summed E-state index contributed by atoms with van der Waals surface area (Å²) in [6.07, 6.45) is 0. The Bertz CT molecular complexity index is 669. The molecule has 5 heteroatoms. The Morgan fingerprint density at radius 3 is 2.42 bits per heavy atom. The van der Waals surface area contributed by atoms with Gasteiger partial charge in [0.1, 0.15) is 0 Å². The van der Waals surface area contributed by atoms with Crippen molar-refractivity contribution < 1.29 is 8.42 Å². The van der Waals surface area contributed by atoms with Crippen LogP contribution in [0, 0.1) is 6.92 Å². The van der Waals surface area contributed by atoms with Gasteiger partial charge in [-0.3, -0.25) is 4.72 Å². The van der Waals surface area contributed by atoms with Crippen molar-refractivity contribution in [3.8, 4) is 0 Å². The molecule has 0 fully saturated rings. The third kappa shape index (κ3) is 4.08. The van der Waals surface area contributed by atoms with E-state index in [0.29, 0.717) is 5.69 Å². The van der Waals surface area contributed by atoms with Crippen molar-refractivity contribution in [3.63, 3.8) is 0 Å². The van der Waals surface area contributed by atoms with Gasteiger partial charge < -0.3 is 0 Å². The Morgan fingerprint density at radius 1 is 1.11 bits per heavy atom. The second-order valence-electron chi connectivity index (χ2n) is 4.31. The van der Waals surface area contributed by atoms with E-state index in [1.165, 1.54) is 0 Å². The predicted molar refractivity (Wildman–Crippen MR) is 81.6 cm³/mol. The van der Waals surface area contributed by atoms with Crippen LogP contribution in [-0.2, 0) is 15.8 Å². The van der Waals surface area contributed by atoms with Crippen LogP contribution in [0.15, 0.2) is 53.0 Å². The number of benzene rings is 2. The van der Waals surface area contributed by atoms with E-state index in [-0.39, 0.29) is 5.75 Å². The van der Waals surface area contributed by atoms with Gasteiger partial charge in [-0.25, -0.2) is 8.42 Å². The zero-order chi connectivity index (χ0) is 13.9. The lowest BCUT2D eigenvalue weighted by Gasteiger charge is -2.10. The molecule has 2 rings (SSSR count). The van der Waals surface area contributed by atoms with Gasteiger partial charge in [0, 0.05) is 4.47 Å². The molecule has 0 aliphatic rings. The number of sulfonamides is 1. The SMILES string of the molecule is Cc1cc(Br)ccc1NS(=O)(=O)Cc1ccccc1. The van der Waals surface area contributed by atoms with Crippen molar-refractivity contribution in [2.45, 2.75) is 12.7 Å². The second kappa shape index (κ2) is 5.75. The Balaban J connectivity index is 2.17. The van der Waals surface area contributed by atoms with E-state index in [0.717, 1.165) is 15.6 Å². The molecule has 0 aliphatic heterocycles. The Morgan fingerprint density at radius 2 is 1.79 bits per heavy atom. The second-order valence-corrected chi connectivity index (χ2v) is 6.94. The molecule has 0 aliphatic carbocycles. The van der Waals surface area contributed by atoms with Crippen molar-refractivity contribution in [1.29, 1.82) is 0 Å². The minimum absolute atomic E-state index is 0.0245. The fourth-order valence-electron chi connectivity index (χ4n) is 1.74. The summed E-state index contributed by atoms with van der Waals surface area (Å²) in [5, 5.41) is 0. The Kier molecular flexibility index (Phi) is 4.27. The first-order chi connectivity index (χ1) is 8.96. The van der Waals surface area contributed by atoms with Crippen molar-refractivity contribution in [3.05, 3.63) is 64.1 Å². The van der Waals surface area contributed by atoms with Gasteiger partial charge >= 0.3 is 0 Å². The molecule has 3 nitrogen and oxygen atoms in total. The number of anilines is 1. The van der Waals surface area contributed by atoms with Gasteiger partial charge in [0.25, 0.3) is 0 Å². The molecule has 0 aromatic heterocycles. The van der Waals surface area contributed by atoms with Crippen molar-refractivity contribution in [1.82, 2.24) is 0 Å². The number of hydrogen-bond donors (Lipinski definition) is 1. The van der Waals surface area contributed by atoms with Crippen molar-refractivity contribution in [2.24, 2.45) is 0 Å². The van der Waals surface area contributed by atoms with Crippen LogP contribution in [0.25, 0.3) is 0 Å². The highest BCUT2D eigenvalue weighted by molar-refractivity contribution is 9.10. The fourth-order valence-corrected chi connectivity index (χ4v) is 3.48. The molecule has 0 atom stereocenters. The topological polar surface area (TPSA) is 46.2 Å². The van der Waals surface area contributed by atoms with Crippen LogP contribution in [0.1, 0.15) is 11.1 Å². The van der Waals surface area contributed by atoms with Crippen LogP contribution in [0.4, 0.5) is 5.69 Å². The van der Waals surface area contributed by atoms with E-state index >= 15 is 0 Å². The molecule has 19 heavy (non-hydrogen) atoms. The highest BCUT2D eigenvalue weighted by atomic mass is 79.9. The molecule has 0 spiro atoms. The van der Waals surface area contributed by atoms with E-state index in [4.69, 9.17) is 0 Å². The normalized spacial score (nSPS) is 11.3. The standard InChI is InChI=1S/C14H14BrNO2S/c1-11-9-13(15)7-8-14(11)16-19(17,18)10-12-5-3-2-4-6-12/h2-9,16H,10H2,1H3. The molecule has 2 aromatic carbocycles. The van der Waals surface area contributed by atoms with E-state index in [1.807, 2.05) is 37.3 Å². The van der Waals surface area contributed by atoms with Gasteiger partial charge in [0.05, 0.1) is 11.4 Å². The minimum atomic E-state index is -3.39. The number of nitrogens with one attached hydrogen (secondary N) is 1. The average Bonchev–Trinajstić information content (AvgIpc) is 2.33. The largest absolute Gasteiger partial charge is 0.283 e. The first kappa shape index (κ1) is 14.1. The summed E-state index contributed by atoms with van der Waals surface area (Å²) in [6, 6.07) is 14.6. The minimum Gasteiger partial charge on any atom is -0.283 e. The van der Waals surface area contributed by atoms with Gasteiger partial charge in [0.15, 0.2) is 0 Å². The highest BCUT2D eigenvalue weighted by Gasteiger charge is 2.12. The van der Waals surface area contributed by atoms with Crippen molar-refractivity contribution >= 4 is 31.6 Å². The molecule has 0 amide bonds. The first-order valence-electron chi connectivity index (χ1n) is 5.77. The molecular formula is C14H14BrNO2S. The van der Waals surface area contributed by atoms with Gasteiger partial charge in [-0.2, -0.15) is 0 Å². The first-order valence-corrected chi connectivity index (χ1v) is 8.21. The molecule has 1 N–H and O–H groups in total. The van der Waals surface area contributed by atoms with Gasteiger partial charge in [0.2, 0.25) is 10.0 Å². The molecule has 0 heterocycles. The molecule has 0 bridgehead atoms. The molecule has 2 aromatic rings. The van der Waals surface area contributed by atoms with Crippen LogP contribution < -0.4 is 4.72 Å². The fraction of sp³-hybridized carbons (Fsp3) is 0.143. The summed E-state index contributed by atoms with van der Waals surface area (Å²) in [5.41, 5.74) is 2.26. The summed E-state index contributed by atoms with van der Waals surface area (Å²) >= 11 is 3.35. The maximum absolute atomic E-state index is 12.1. The lowest BCUT2D eigenvalue weighted by molar-refractivity contribution is 0.600. The monoisotopic (exact) mass is 339 g/mol. The number of aryl methyl sites for hydroxylation is 1. The Labute approximate surface area is 121 Å². The molecular weight excluding hydrogens is 326 g/mol. The molecule has 0 unspecified atom stereocenters. The molecule has 0 saturated heterocycles. The third-order valence-corrected chi connectivity index (χ3v) is 4.39. The van der Waals surface area contributed by atoms with Gasteiger partial charge in [-0.15, -0.1) is 0 Å². The van der Waals surface area contributed by atoms with E-state index in [1.54, 1.807) is 18.2 Å². The van der Waals surface area contributed by atoms with Gasteiger partial charge in [-0.05, 0) is 36.2 Å². The van der Waals surface area contributed by atoms with Crippen LogP contribution >= 0.6 is 15.9 Å². The summed E-state index contributed by atoms with van der Waals surface area (Å²) in [7, 11) is -3.39. The highest BCUT2D eigenvalue weighted by Crippen LogP contribution is 2.21. The summed E-state index contributed by atoms with van der Waals surface area (Å²) < 4.78 is 27.7. The summed E-state index contributed by atoms with van der Waals surface area (Å²) in [5.74, 6) is -0.0245. The van der Waals surface area contributed by atoms with Gasteiger partial charge in [-0.1, -0.05) is 46.3 Å². The number of halogens is 1. The van der Waals surface area contributed by atoms with E-state index in [2.05, 4.69) is 20.7 Å². The summed E-state index contributed by atoms with van der Waals surface area (Å²) in [6.45, 7) is 1.87. The zero-order valence-electron chi connectivity index (χ0n) is 10.4. The lowest BCUT2D eigenvalue weighted by Crippen LogP contribution is -2.15. The number of hydrogen-bond acceptors (Lipinski definition) is 2. The Hall–Kier alpha value is -1.33. The predicted octanol–water partition coefficient (Wildman–Crippen LogP) is 3.70. The maximum atomic E-state index is 12.1. The smallest absolute Gasteiger partial charge is 0.236 e. The molecule has 0 saturated carbocycles. The molecule has 100 valence electrons. The van der Waals surface area contributed by atoms with Crippen LogP contribution in [0.3, 0.4) is 0 Å². The van der Waals surface area contributed by atoms with Crippen LogP contribution in [-0.4, -0.2) is 8.42 Å².